The maximum Gasteiger partial charge on any atom is 1.00 e. The first-order valence-electron chi connectivity index (χ1n) is 11.2. The van der Waals surface area contributed by atoms with E-state index < -0.39 is 26.7 Å². The first kappa shape index (κ1) is 30.8. The fourth-order valence-corrected chi connectivity index (χ4v) is 5.06. The summed E-state index contributed by atoms with van der Waals surface area (Å²) < 4.78 is 38.9. The van der Waals surface area contributed by atoms with Crippen molar-refractivity contribution in [2.75, 3.05) is 11.9 Å². The van der Waals surface area contributed by atoms with Gasteiger partial charge in [0.1, 0.15) is 21.4 Å². The Morgan fingerprint density at radius 3 is 2.44 bits per heavy atom. The van der Waals surface area contributed by atoms with Crippen LogP contribution in [0.2, 0.25) is 10.0 Å². The van der Waals surface area contributed by atoms with Crippen molar-refractivity contribution >= 4 is 67.1 Å². The third-order valence-electron chi connectivity index (χ3n) is 5.43. The molecule has 0 heterocycles. The fraction of sp³-hybridized carbons (Fsp3) is 0.115. The number of nitrogens with one attached hydrogen (secondary N) is 1. The maximum absolute atomic E-state index is 13.4. The number of fused-ring (bicyclic) bond motifs is 1. The van der Waals surface area contributed by atoms with E-state index in [4.69, 9.17) is 27.9 Å². The number of halogens is 2. The van der Waals surface area contributed by atoms with Gasteiger partial charge < -0.3 is 15.2 Å². The van der Waals surface area contributed by atoms with Crippen LogP contribution in [0.4, 0.5) is 17.1 Å². The molecule has 9 nitrogen and oxygen atoms in total. The molecule has 0 saturated carbocycles. The molecule has 13 heteroatoms. The summed E-state index contributed by atoms with van der Waals surface area (Å²) >= 11 is 12.5. The molecular weight excluding hydrogens is 576 g/mol. The third kappa shape index (κ3) is 6.72. The van der Waals surface area contributed by atoms with Gasteiger partial charge in [-0.15, -0.1) is 5.11 Å². The Hall–Kier alpha value is -2.70. The average Bonchev–Trinajstić information content (AvgIpc) is 2.85. The van der Waals surface area contributed by atoms with Crippen molar-refractivity contribution in [2.45, 2.75) is 18.7 Å². The molecule has 0 bridgehead atoms. The summed E-state index contributed by atoms with van der Waals surface area (Å²) in [6.07, 6.45) is 0. The summed E-state index contributed by atoms with van der Waals surface area (Å²) in [5, 5.41) is 24.9. The number of aryl methyl sites for hydroxylation is 1. The van der Waals surface area contributed by atoms with Crippen LogP contribution in [0.1, 0.15) is 22.8 Å². The Morgan fingerprint density at radius 1 is 1.05 bits per heavy atom. The van der Waals surface area contributed by atoms with Crippen molar-refractivity contribution in [1.82, 2.24) is 0 Å². The van der Waals surface area contributed by atoms with Crippen LogP contribution in [0, 0.1) is 6.92 Å². The topological polar surface area (TPSA) is 140 Å². The van der Waals surface area contributed by atoms with E-state index in [9.17, 15) is 22.9 Å². The fourth-order valence-electron chi connectivity index (χ4n) is 3.74. The zero-order valence-electron chi connectivity index (χ0n) is 21.0. The smallest absolute Gasteiger partial charge is 0.870 e. The molecule has 0 aliphatic carbocycles. The van der Waals surface area contributed by atoms with E-state index in [1.54, 1.807) is 56.3 Å². The second kappa shape index (κ2) is 12.6. The van der Waals surface area contributed by atoms with Crippen LogP contribution in [-0.4, -0.2) is 25.5 Å². The number of carbonyl (C=O) groups is 1. The third-order valence-corrected chi connectivity index (χ3v) is 6.98. The number of nitrogens with zero attached hydrogens (tertiary/aromatic N) is 2. The zero-order chi connectivity index (χ0) is 27.6. The normalized spacial score (nSPS) is 11.4. The minimum Gasteiger partial charge on any atom is -0.870 e. The number of azo groups is 1. The molecular formula is C26H20Cl2N3NaO6S. The van der Waals surface area contributed by atoms with Crippen molar-refractivity contribution in [3.8, 4) is 11.5 Å². The molecule has 0 fully saturated rings. The molecule has 0 aromatic heterocycles. The van der Waals surface area contributed by atoms with Gasteiger partial charge in [-0.05, 0) is 55.1 Å². The molecule has 196 valence electrons. The van der Waals surface area contributed by atoms with Crippen LogP contribution in [0.3, 0.4) is 0 Å². The Bertz CT molecular complexity index is 1710. The second-order valence-corrected chi connectivity index (χ2v) is 10.3. The number of benzene rings is 4. The van der Waals surface area contributed by atoms with Crippen molar-refractivity contribution < 1.29 is 57.2 Å². The number of hydrogen-bond donors (Lipinski definition) is 2. The quantitative estimate of drug-likeness (QED) is 0.189. The molecule has 4 aromatic rings. The minimum absolute atomic E-state index is 0. The Labute approximate surface area is 256 Å². The van der Waals surface area contributed by atoms with Crippen LogP contribution in [0.5, 0.6) is 11.5 Å². The van der Waals surface area contributed by atoms with Gasteiger partial charge in [-0.25, -0.2) is 0 Å². The van der Waals surface area contributed by atoms with Gasteiger partial charge >= 0.3 is 29.6 Å². The van der Waals surface area contributed by atoms with Gasteiger partial charge in [0.15, 0.2) is 0 Å². The monoisotopic (exact) mass is 595 g/mol. The van der Waals surface area contributed by atoms with Crippen LogP contribution >= 0.6 is 23.2 Å². The summed E-state index contributed by atoms with van der Waals surface area (Å²) in [5.41, 5.74) is -0.122. The number of carbonyl (C=O) groups excluding carboxylic acids is 1. The van der Waals surface area contributed by atoms with E-state index in [-0.39, 0.29) is 62.2 Å². The van der Waals surface area contributed by atoms with E-state index in [2.05, 4.69) is 15.5 Å². The van der Waals surface area contributed by atoms with E-state index in [0.29, 0.717) is 28.7 Å². The molecule has 0 aliphatic heterocycles. The van der Waals surface area contributed by atoms with Gasteiger partial charge in [-0.2, -0.15) is 13.5 Å². The summed E-state index contributed by atoms with van der Waals surface area (Å²) in [4.78, 5) is 12.6. The molecule has 1 amide bonds. The van der Waals surface area contributed by atoms with Gasteiger partial charge in [-0.1, -0.05) is 59.3 Å². The molecule has 4 aromatic carbocycles. The molecule has 0 spiro atoms. The van der Waals surface area contributed by atoms with E-state index in [1.165, 1.54) is 18.2 Å². The van der Waals surface area contributed by atoms with Crippen molar-refractivity contribution in [3.05, 3.63) is 81.8 Å². The van der Waals surface area contributed by atoms with Gasteiger partial charge in [0.05, 0.1) is 23.0 Å². The molecule has 2 N–H and O–H groups in total. The van der Waals surface area contributed by atoms with Crippen molar-refractivity contribution in [2.24, 2.45) is 10.2 Å². The summed E-state index contributed by atoms with van der Waals surface area (Å²) in [6, 6.07) is 15.5. The predicted molar refractivity (Wildman–Crippen MR) is 144 cm³/mol. The Kier molecular flexibility index (Phi) is 10.0. The van der Waals surface area contributed by atoms with Crippen molar-refractivity contribution in [1.29, 1.82) is 0 Å². The van der Waals surface area contributed by atoms with Crippen LogP contribution in [0.15, 0.2) is 75.8 Å². The van der Waals surface area contributed by atoms with E-state index in [0.717, 1.165) is 0 Å². The molecule has 39 heavy (non-hydrogen) atoms. The Balaban J connectivity index is 0.00000420. The first-order chi connectivity index (χ1) is 18.0. The Morgan fingerprint density at radius 2 is 1.74 bits per heavy atom. The van der Waals surface area contributed by atoms with E-state index >= 15 is 0 Å². The predicted octanol–water partition coefficient (Wildman–Crippen LogP) is 3.85. The van der Waals surface area contributed by atoms with E-state index in [1.807, 2.05) is 0 Å². The number of ether oxygens (including phenoxy) is 1. The molecule has 0 saturated heterocycles. The number of anilines is 1. The summed E-state index contributed by atoms with van der Waals surface area (Å²) in [6.45, 7) is 3.74. The summed E-state index contributed by atoms with van der Waals surface area (Å²) in [5.74, 6) is -1.15. The largest absolute Gasteiger partial charge is 1.00 e. The second-order valence-electron chi connectivity index (χ2n) is 8.10. The molecule has 0 atom stereocenters. The number of hydrogen-bond acceptors (Lipinski definition) is 7. The van der Waals surface area contributed by atoms with Gasteiger partial charge in [-0.3, -0.25) is 9.35 Å². The maximum atomic E-state index is 13.4. The molecule has 0 aliphatic rings. The zero-order valence-corrected chi connectivity index (χ0v) is 25.4. The average molecular weight is 596 g/mol. The number of rotatable bonds is 7. The first-order valence-corrected chi connectivity index (χ1v) is 13.4. The molecule has 0 radical (unpaired) electrons. The van der Waals surface area contributed by atoms with Crippen LogP contribution in [0.25, 0.3) is 10.8 Å². The molecule has 4 rings (SSSR count). The standard InChI is InChI=1S/C26H21Cl2N3O6S.Na/c1-3-37-20-10-6-9-19(22(20)28)29-26(33)17-13-15-7-4-5-8-16(15)23(25(17)32)30-31-24-18(27)11-14(2)12-21(24)38(34,35)36;/h4-13,32H,3H2,1-2H3,(H,29,33)(H,34,35,36);/q;+1/p-1. The molecule has 0 unspecified atom stereocenters. The number of amides is 1. The minimum atomic E-state index is -4.71. The van der Waals surface area contributed by atoms with Crippen LogP contribution in [-0.2, 0) is 10.1 Å². The van der Waals surface area contributed by atoms with Gasteiger partial charge in [0.2, 0.25) is 0 Å². The summed E-state index contributed by atoms with van der Waals surface area (Å²) in [7, 11) is -4.71. The van der Waals surface area contributed by atoms with Crippen molar-refractivity contribution in [3.63, 3.8) is 0 Å². The van der Waals surface area contributed by atoms with Crippen LogP contribution < -0.4 is 44.7 Å². The van der Waals surface area contributed by atoms with Gasteiger partial charge in [0, 0.05) is 10.9 Å². The van der Waals surface area contributed by atoms with Gasteiger partial charge in [0.25, 0.3) is 16.0 Å². The SMILES string of the molecule is CCOc1cccc(NC(=O)c2cc3ccccc3c(N=Nc3c(Cl)cc(C)cc3S(=O)(=O)O)c2[O-])c1Cl.[Na+].